The average molecular weight is 423 g/mol. The van der Waals surface area contributed by atoms with Gasteiger partial charge in [-0.1, -0.05) is 19.3 Å². The smallest absolute Gasteiger partial charge is 0.336 e. The first-order chi connectivity index (χ1) is 9.73. The van der Waals surface area contributed by atoms with Crippen LogP contribution >= 0.6 is 22.6 Å². The van der Waals surface area contributed by atoms with E-state index in [0.717, 1.165) is 32.1 Å². The molecule has 1 aliphatic carbocycles. The van der Waals surface area contributed by atoms with Gasteiger partial charge in [0.25, 0.3) is 0 Å². The molecule has 1 aromatic carbocycles. The summed E-state index contributed by atoms with van der Waals surface area (Å²) in [5.74, 6) is -1.12. The van der Waals surface area contributed by atoms with Gasteiger partial charge in [0, 0.05) is 9.11 Å². The molecule has 0 bridgehead atoms. The molecular formula is C14H18INO4S. The van der Waals surface area contributed by atoms with E-state index in [1.165, 1.54) is 18.2 Å². The minimum atomic E-state index is -3.71. The maximum absolute atomic E-state index is 12.5. The van der Waals surface area contributed by atoms with Crippen molar-refractivity contribution in [2.75, 3.05) is 0 Å². The number of carboxylic acid groups (broad SMARTS) is 1. The zero-order chi connectivity index (χ0) is 15.7. The number of benzene rings is 1. The van der Waals surface area contributed by atoms with Crippen molar-refractivity contribution in [3.05, 3.63) is 27.3 Å². The topological polar surface area (TPSA) is 83.5 Å². The summed E-state index contributed by atoms with van der Waals surface area (Å²) in [7, 11) is -3.71. The lowest BCUT2D eigenvalue weighted by molar-refractivity contribution is 0.0695. The van der Waals surface area contributed by atoms with Crippen LogP contribution in [0.5, 0.6) is 0 Å². The average Bonchev–Trinajstić information content (AvgIpc) is 2.38. The standard InChI is InChI=1S/C14H18INO4S/c1-14(7-3-2-4-8-14)16-21(19,20)10-5-6-12(15)11(9-10)13(17)18/h5-6,9,16H,2-4,7-8H2,1H3,(H,17,18). The minimum Gasteiger partial charge on any atom is -0.478 e. The number of hydrogen-bond acceptors (Lipinski definition) is 3. The fraction of sp³-hybridized carbons (Fsp3) is 0.500. The Morgan fingerprint density at radius 2 is 1.90 bits per heavy atom. The van der Waals surface area contributed by atoms with Crippen LogP contribution in [0.3, 0.4) is 0 Å². The molecular weight excluding hydrogens is 405 g/mol. The first kappa shape index (κ1) is 16.7. The largest absolute Gasteiger partial charge is 0.478 e. The zero-order valence-corrected chi connectivity index (χ0v) is 14.7. The van der Waals surface area contributed by atoms with Crippen molar-refractivity contribution >= 4 is 38.6 Å². The van der Waals surface area contributed by atoms with Crippen LogP contribution in [0.1, 0.15) is 49.4 Å². The molecule has 0 unspecified atom stereocenters. The summed E-state index contributed by atoms with van der Waals surface area (Å²) in [5.41, 5.74) is -0.434. The van der Waals surface area contributed by atoms with Gasteiger partial charge in [0.15, 0.2) is 0 Å². The molecule has 0 amide bonds. The van der Waals surface area contributed by atoms with Crippen molar-refractivity contribution in [3.63, 3.8) is 0 Å². The van der Waals surface area contributed by atoms with Gasteiger partial charge in [-0.2, -0.15) is 0 Å². The molecule has 2 rings (SSSR count). The molecule has 116 valence electrons. The maximum Gasteiger partial charge on any atom is 0.336 e. The van der Waals surface area contributed by atoms with Crippen molar-refractivity contribution in [1.82, 2.24) is 4.72 Å². The van der Waals surface area contributed by atoms with Crippen LogP contribution in [-0.2, 0) is 10.0 Å². The van der Waals surface area contributed by atoms with E-state index in [1.54, 1.807) is 0 Å². The molecule has 2 N–H and O–H groups in total. The van der Waals surface area contributed by atoms with Gasteiger partial charge in [-0.05, 0) is 60.6 Å². The third-order valence-electron chi connectivity index (χ3n) is 3.82. The van der Waals surface area contributed by atoms with Gasteiger partial charge in [0.05, 0.1) is 10.5 Å². The van der Waals surface area contributed by atoms with Gasteiger partial charge in [0.1, 0.15) is 0 Å². The summed E-state index contributed by atoms with van der Waals surface area (Å²) < 4.78 is 28.2. The van der Waals surface area contributed by atoms with Crippen LogP contribution < -0.4 is 4.72 Å². The van der Waals surface area contributed by atoms with Crippen LogP contribution in [-0.4, -0.2) is 25.0 Å². The highest BCUT2D eigenvalue weighted by Gasteiger charge is 2.32. The van der Waals surface area contributed by atoms with E-state index < -0.39 is 21.5 Å². The van der Waals surface area contributed by atoms with E-state index in [9.17, 15) is 13.2 Å². The van der Waals surface area contributed by atoms with Crippen molar-refractivity contribution in [3.8, 4) is 0 Å². The summed E-state index contributed by atoms with van der Waals surface area (Å²) in [5, 5.41) is 9.11. The molecule has 1 fully saturated rings. The molecule has 0 spiro atoms. The van der Waals surface area contributed by atoms with Gasteiger partial charge < -0.3 is 5.11 Å². The molecule has 21 heavy (non-hydrogen) atoms. The van der Waals surface area contributed by atoms with Gasteiger partial charge in [-0.15, -0.1) is 0 Å². The van der Waals surface area contributed by atoms with Crippen molar-refractivity contribution in [1.29, 1.82) is 0 Å². The number of hydrogen-bond donors (Lipinski definition) is 2. The number of carboxylic acids is 1. The van der Waals surface area contributed by atoms with E-state index in [0.29, 0.717) is 3.57 Å². The van der Waals surface area contributed by atoms with Gasteiger partial charge in [-0.3, -0.25) is 0 Å². The normalized spacial score (nSPS) is 18.4. The molecule has 1 aromatic rings. The number of aromatic carboxylic acids is 1. The summed E-state index contributed by atoms with van der Waals surface area (Å²) >= 11 is 1.88. The minimum absolute atomic E-state index is 0.00659. The summed E-state index contributed by atoms with van der Waals surface area (Å²) in [6, 6.07) is 4.18. The predicted octanol–water partition coefficient (Wildman–Crippen LogP) is 2.99. The van der Waals surface area contributed by atoms with Crippen LogP contribution in [0.2, 0.25) is 0 Å². The molecule has 1 saturated carbocycles. The maximum atomic E-state index is 12.5. The van der Waals surface area contributed by atoms with Crippen molar-refractivity contribution in [2.45, 2.75) is 49.5 Å². The first-order valence-electron chi connectivity index (χ1n) is 6.80. The summed E-state index contributed by atoms with van der Waals surface area (Å²) in [4.78, 5) is 11.1. The fourth-order valence-electron chi connectivity index (χ4n) is 2.65. The Labute approximate surface area is 138 Å². The third-order valence-corrected chi connectivity index (χ3v) is 6.39. The highest BCUT2D eigenvalue weighted by atomic mass is 127. The quantitative estimate of drug-likeness (QED) is 0.730. The Balaban J connectivity index is 2.31. The van der Waals surface area contributed by atoms with Gasteiger partial charge in [-0.25, -0.2) is 17.9 Å². The zero-order valence-electron chi connectivity index (χ0n) is 11.7. The Hall–Kier alpha value is -0.670. The highest BCUT2D eigenvalue weighted by Crippen LogP contribution is 2.29. The second kappa shape index (κ2) is 6.21. The number of carbonyl (C=O) groups is 1. The first-order valence-corrected chi connectivity index (χ1v) is 9.37. The van der Waals surface area contributed by atoms with Gasteiger partial charge in [0.2, 0.25) is 10.0 Å². The Morgan fingerprint density at radius 3 is 2.48 bits per heavy atom. The molecule has 0 saturated heterocycles. The second-order valence-electron chi connectivity index (χ2n) is 5.67. The van der Waals surface area contributed by atoms with Crippen LogP contribution in [0.15, 0.2) is 23.1 Å². The summed E-state index contributed by atoms with van der Waals surface area (Å²) in [6.45, 7) is 1.91. The molecule has 5 nitrogen and oxygen atoms in total. The predicted molar refractivity (Wildman–Crippen MR) is 87.9 cm³/mol. The van der Waals surface area contributed by atoms with Crippen LogP contribution in [0.4, 0.5) is 0 Å². The fourth-order valence-corrected chi connectivity index (χ4v) is 4.71. The lowest BCUT2D eigenvalue weighted by Gasteiger charge is -2.34. The third kappa shape index (κ3) is 3.95. The van der Waals surface area contributed by atoms with E-state index in [1.807, 2.05) is 29.5 Å². The molecule has 0 radical (unpaired) electrons. The number of rotatable bonds is 4. The Kier molecular flexibility index (Phi) is 4.94. The van der Waals surface area contributed by atoms with E-state index in [2.05, 4.69) is 4.72 Å². The number of nitrogens with one attached hydrogen (secondary N) is 1. The van der Waals surface area contributed by atoms with E-state index >= 15 is 0 Å². The molecule has 0 aromatic heterocycles. The Bertz CT molecular complexity index is 651. The highest BCUT2D eigenvalue weighted by molar-refractivity contribution is 14.1. The van der Waals surface area contributed by atoms with Crippen LogP contribution in [0, 0.1) is 3.57 Å². The number of halogens is 1. The van der Waals surface area contributed by atoms with Gasteiger partial charge >= 0.3 is 5.97 Å². The number of sulfonamides is 1. The lowest BCUT2D eigenvalue weighted by atomic mass is 9.84. The molecule has 1 aliphatic rings. The summed E-state index contributed by atoms with van der Waals surface area (Å²) in [6.07, 6.45) is 4.76. The van der Waals surface area contributed by atoms with Crippen molar-refractivity contribution in [2.24, 2.45) is 0 Å². The monoisotopic (exact) mass is 423 g/mol. The lowest BCUT2D eigenvalue weighted by Crippen LogP contribution is -2.47. The molecule has 0 atom stereocenters. The molecule has 0 aliphatic heterocycles. The second-order valence-corrected chi connectivity index (χ2v) is 8.52. The van der Waals surface area contributed by atoms with E-state index in [-0.39, 0.29) is 10.5 Å². The molecule has 0 heterocycles. The van der Waals surface area contributed by atoms with Crippen molar-refractivity contribution < 1.29 is 18.3 Å². The van der Waals surface area contributed by atoms with E-state index in [4.69, 9.17) is 5.11 Å². The SMILES string of the molecule is CC1(NS(=O)(=O)c2ccc(I)c(C(=O)O)c2)CCCCC1. The molecule has 7 heteroatoms. The Morgan fingerprint density at radius 1 is 1.29 bits per heavy atom. The van der Waals surface area contributed by atoms with Crippen LogP contribution in [0.25, 0.3) is 0 Å².